The molecule has 1 aliphatic heterocycles. The Labute approximate surface area is 219 Å². The Bertz CT molecular complexity index is 1200. The van der Waals surface area contributed by atoms with Crippen LogP contribution in [0.4, 0.5) is 5.69 Å². The van der Waals surface area contributed by atoms with Gasteiger partial charge in [0.25, 0.3) is 0 Å². The number of sulfonamides is 1. The zero-order valence-electron chi connectivity index (χ0n) is 22.0. The molecule has 0 radical (unpaired) electrons. The summed E-state index contributed by atoms with van der Waals surface area (Å²) in [5.74, 6) is -0.00807. The molecule has 0 fully saturated rings. The first-order chi connectivity index (χ1) is 17.7. The first kappa shape index (κ1) is 28.3. The zero-order chi connectivity index (χ0) is 27.0. The van der Waals surface area contributed by atoms with E-state index in [1.807, 2.05) is 38.1 Å². The highest BCUT2D eigenvalue weighted by atomic mass is 32.2. The predicted molar refractivity (Wildman–Crippen MR) is 143 cm³/mol. The summed E-state index contributed by atoms with van der Waals surface area (Å²) < 4.78 is 38.5. The maximum absolute atomic E-state index is 13.7. The van der Waals surface area contributed by atoms with Crippen LogP contribution in [0.1, 0.15) is 44.7 Å². The molecule has 2 aromatic carbocycles. The Morgan fingerprint density at radius 1 is 1.05 bits per heavy atom. The average Bonchev–Trinajstić information content (AvgIpc) is 2.89. The van der Waals surface area contributed by atoms with Crippen LogP contribution >= 0.6 is 0 Å². The number of carbonyl (C=O) groups excluding carboxylic acids is 2. The fourth-order valence-electron chi connectivity index (χ4n) is 4.03. The van der Waals surface area contributed by atoms with Gasteiger partial charge in [0.05, 0.1) is 11.4 Å². The van der Waals surface area contributed by atoms with Crippen LogP contribution in [0, 0.1) is 6.92 Å². The molecule has 3 rings (SSSR count). The van der Waals surface area contributed by atoms with Crippen LogP contribution in [0.25, 0.3) is 0 Å². The van der Waals surface area contributed by atoms with E-state index in [4.69, 9.17) is 9.47 Å². The second-order valence-electron chi connectivity index (χ2n) is 9.07. The Hall–Kier alpha value is -3.27. The second kappa shape index (κ2) is 12.8. The fourth-order valence-corrected chi connectivity index (χ4v) is 5.09. The van der Waals surface area contributed by atoms with Gasteiger partial charge in [0.15, 0.2) is 11.5 Å². The Kier molecular flexibility index (Phi) is 9.79. The molecule has 2 aromatic rings. The highest BCUT2D eigenvalue weighted by Crippen LogP contribution is 2.35. The summed E-state index contributed by atoms with van der Waals surface area (Å²) in [4.78, 5) is 28.1. The maximum atomic E-state index is 13.7. The van der Waals surface area contributed by atoms with Crippen molar-refractivity contribution in [1.82, 2.24) is 10.2 Å². The van der Waals surface area contributed by atoms with Crippen LogP contribution in [-0.2, 0) is 26.2 Å². The van der Waals surface area contributed by atoms with Gasteiger partial charge in [-0.05, 0) is 44.9 Å². The molecule has 37 heavy (non-hydrogen) atoms. The lowest BCUT2D eigenvalue weighted by Crippen LogP contribution is -2.51. The number of hydrogen-bond acceptors (Lipinski definition) is 6. The highest BCUT2D eigenvalue weighted by Gasteiger charge is 2.31. The Morgan fingerprint density at radius 3 is 2.46 bits per heavy atom. The van der Waals surface area contributed by atoms with Gasteiger partial charge in [-0.3, -0.25) is 13.9 Å². The van der Waals surface area contributed by atoms with Gasteiger partial charge in [0.1, 0.15) is 25.8 Å². The number of benzene rings is 2. The number of nitrogens with one attached hydrogen (secondary N) is 1. The number of amides is 2. The standard InChI is InChI=1S/C27H37N3O6S/c1-5-7-13-28-27(32)21(4)29(18-22-10-8-9-20(3)16-22)26(31)19-30(37(33,34)6-2)23-11-12-24-25(17-23)36-15-14-35-24/h8-12,16-17,21H,5-7,13-15,18-19H2,1-4H3,(H,28,32)/t21-/m0/s1. The molecule has 1 atom stereocenters. The third-order valence-corrected chi connectivity index (χ3v) is 7.97. The lowest BCUT2D eigenvalue weighted by Gasteiger charge is -2.32. The van der Waals surface area contributed by atoms with Crippen LogP contribution in [0.3, 0.4) is 0 Å². The molecule has 0 saturated carbocycles. The van der Waals surface area contributed by atoms with Crippen LogP contribution in [-0.4, -0.2) is 63.2 Å². The first-order valence-corrected chi connectivity index (χ1v) is 14.3. The summed E-state index contributed by atoms with van der Waals surface area (Å²) >= 11 is 0. The lowest BCUT2D eigenvalue weighted by molar-refractivity contribution is -0.139. The van der Waals surface area contributed by atoms with E-state index in [0.717, 1.165) is 28.3 Å². The number of ether oxygens (including phenoxy) is 2. The van der Waals surface area contributed by atoms with Crippen LogP contribution < -0.4 is 19.1 Å². The summed E-state index contributed by atoms with van der Waals surface area (Å²) in [6, 6.07) is 11.7. The van der Waals surface area contributed by atoms with Crippen molar-refractivity contribution >= 4 is 27.5 Å². The second-order valence-corrected chi connectivity index (χ2v) is 11.2. The van der Waals surface area contributed by atoms with E-state index in [0.29, 0.717) is 36.9 Å². The van der Waals surface area contributed by atoms with Crippen molar-refractivity contribution in [2.45, 2.75) is 53.1 Å². The summed E-state index contributed by atoms with van der Waals surface area (Å²) in [6.45, 7) is 8.17. The Morgan fingerprint density at radius 2 is 1.78 bits per heavy atom. The van der Waals surface area contributed by atoms with Crippen molar-refractivity contribution in [3.05, 3.63) is 53.6 Å². The largest absolute Gasteiger partial charge is 0.486 e. The van der Waals surface area contributed by atoms with Crippen molar-refractivity contribution < 1.29 is 27.5 Å². The minimum absolute atomic E-state index is 0.171. The van der Waals surface area contributed by atoms with Gasteiger partial charge < -0.3 is 19.7 Å². The number of carbonyl (C=O) groups is 2. The molecule has 10 heteroatoms. The SMILES string of the molecule is CCCCNC(=O)[C@H](C)N(Cc1cccc(C)c1)C(=O)CN(c1ccc2c(c1)OCCO2)S(=O)(=O)CC. The quantitative estimate of drug-likeness (QED) is 0.422. The van der Waals surface area contributed by atoms with E-state index in [-0.39, 0.29) is 18.2 Å². The van der Waals surface area contributed by atoms with E-state index in [9.17, 15) is 18.0 Å². The molecule has 1 N–H and O–H groups in total. The van der Waals surface area contributed by atoms with Crippen molar-refractivity contribution in [1.29, 1.82) is 0 Å². The minimum atomic E-state index is -3.82. The molecule has 202 valence electrons. The van der Waals surface area contributed by atoms with E-state index >= 15 is 0 Å². The number of fused-ring (bicyclic) bond motifs is 1. The summed E-state index contributed by atoms with van der Waals surface area (Å²) in [5, 5.41) is 2.88. The number of anilines is 1. The van der Waals surface area contributed by atoms with E-state index in [2.05, 4.69) is 5.32 Å². The average molecular weight is 532 g/mol. The maximum Gasteiger partial charge on any atom is 0.244 e. The molecule has 0 saturated heterocycles. The normalized spacial score (nSPS) is 13.5. The molecule has 2 amide bonds. The zero-order valence-corrected chi connectivity index (χ0v) is 22.8. The summed E-state index contributed by atoms with van der Waals surface area (Å²) in [6.07, 6.45) is 1.76. The van der Waals surface area contributed by atoms with Gasteiger partial charge in [0, 0.05) is 19.2 Å². The summed E-state index contributed by atoms with van der Waals surface area (Å²) in [5.41, 5.74) is 2.18. The highest BCUT2D eigenvalue weighted by molar-refractivity contribution is 7.92. The van der Waals surface area contributed by atoms with Crippen LogP contribution in [0.2, 0.25) is 0 Å². The van der Waals surface area contributed by atoms with E-state index in [1.165, 1.54) is 11.8 Å². The first-order valence-electron chi connectivity index (χ1n) is 12.7. The van der Waals surface area contributed by atoms with Crippen molar-refractivity contribution in [3.8, 4) is 11.5 Å². The monoisotopic (exact) mass is 531 g/mol. The van der Waals surface area contributed by atoms with Gasteiger partial charge in [-0.25, -0.2) is 8.42 Å². The molecule has 0 aliphatic carbocycles. The van der Waals surface area contributed by atoms with Crippen LogP contribution in [0.5, 0.6) is 11.5 Å². The van der Waals surface area contributed by atoms with E-state index in [1.54, 1.807) is 25.1 Å². The molecule has 0 spiro atoms. The van der Waals surface area contributed by atoms with Gasteiger partial charge in [-0.1, -0.05) is 43.2 Å². The lowest BCUT2D eigenvalue weighted by atomic mass is 10.1. The molecule has 1 aliphatic rings. The number of hydrogen-bond donors (Lipinski definition) is 1. The minimum Gasteiger partial charge on any atom is -0.486 e. The molecule has 1 heterocycles. The number of nitrogens with zero attached hydrogens (tertiary/aromatic N) is 2. The molecular weight excluding hydrogens is 494 g/mol. The van der Waals surface area contributed by atoms with E-state index < -0.39 is 28.5 Å². The Balaban J connectivity index is 1.92. The molecule has 0 unspecified atom stereocenters. The topological polar surface area (TPSA) is 105 Å². The smallest absolute Gasteiger partial charge is 0.244 e. The van der Waals surface area contributed by atoms with Gasteiger partial charge >= 0.3 is 0 Å². The van der Waals surface area contributed by atoms with Gasteiger partial charge in [-0.15, -0.1) is 0 Å². The van der Waals surface area contributed by atoms with Crippen molar-refractivity contribution in [3.63, 3.8) is 0 Å². The third-order valence-electron chi connectivity index (χ3n) is 6.23. The fraction of sp³-hybridized carbons (Fsp3) is 0.481. The molecule has 0 aromatic heterocycles. The number of rotatable bonds is 12. The molecular formula is C27H37N3O6S. The van der Waals surface area contributed by atoms with Gasteiger partial charge in [0.2, 0.25) is 21.8 Å². The molecule has 9 nitrogen and oxygen atoms in total. The van der Waals surface area contributed by atoms with Crippen LogP contribution in [0.15, 0.2) is 42.5 Å². The van der Waals surface area contributed by atoms with Gasteiger partial charge in [-0.2, -0.15) is 0 Å². The predicted octanol–water partition coefficient (Wildman–Crippen LogP) is 3.26. The van der Waals surface area contributed by atoms with Crippen molar-refractivity contribution in [2.75, 3.05) is 36.4 Å². The summed E-state index contributed by atoms with van der Waals surface area (Å²) in [7, 11) is -3.82. The number of unbranched alkanes of at least 4 members (excludes halogenated alkanes) is 1. The molecule has 0 bridgehead atoms. The third kappa shape index (κ3) is 7.38. The van der Waals surface area contributed by atoms with Crippen molar-refractivity contribution in [2.24, 2.45) is 0 Å². The number of aryl methyl sites for hydroxylation is 1.